The molecule has 3 aromatic heterocycles. The fourth-order valence-electron chi connectivity index (χ4n) is 2.69. The molecule has 0 spiro atoms. The highest BCUT2D eigenvalue weighted by atomic mass is 32.1. The fourth-order valence-corrected chi connectivity index (χ4v) is 5.21. The van der Waals surface area contributed by atoms with Crippen molar-refractivity contribution in [3.63, 3.8) is 0 Å². The minimum atomic E-state index is 0.0614. The van der Waals surface area contributed by atoms with E-state index < -0.39 is 0 Å². The second-order valence-corrected chi connectivity index (χ2v) is 7.72. The van der Waals surface area contributed by atoms with Gasteiger partial charge in [-0.2, -0.15) is 5.10 Å². The van der Waals surface area contributed by atoms with Gasteiger partial charge in [-0.25, -0.2) is 0 Å². The van der Waals surface area contributed by atoms with Crippen LogP contribution in [0.3, 0.4) is 0 Å². The van der Waals surface area contributed by atoms with E-state index in [2.05, 4.69) is 23.3 Å². The van der Waals surface area contributed by atoms with Crippen molar-refractivity contribution < 1.29 is 4.79 Å². The average molecular weight is 341 g/mol. The molecule has 1 amide bonds. The summed E-state index contributed by atoms with van der Waals surface area (Å²) in [4.78, 5) is 15.2. The molecule has 0 aliphatic heterocycles. The van der Waals surface area contributed by atoms with E-state index >= 15 is 0 Å². The summed E-state index contributed by atoms with van der Waals surface area (Å²) in [6.45, 7) is 0.568. The minimum Gasteiger partial charge on any atom is -0.337 e. The normalized spacial score (nSPS) is 11.4. The lowest BCUT2D eigenvalue weighted by Crippen LogP contribution is -2.25. The first kappa shape index (κ1) is 14.4. The number of thiophene rings is 2. The Hall–Kier alpha value is -2.18. The third-order valence-corrected chi connectivity index (χ3v) is 6.19. The van der Waals surface area contributed by atoms with Crippen molar-refractivity contribution in [1.82, 2.24) is 14.7 Å². The lowest BCUT2D eigenvalue weighted by Gasteiger charge is -2.14. The predicted molar refractivity (Wildman–Crippen MR) is 96.2 cm³/mol. The summed E-state index contributed by atoms with van der Waals surface area (Å²) in [7, 11) is 3.71. The van der Waals surface area contributed by atoms with Gasteiger partial charge >= 0.3 is 0 Å². The minimum absolute atomic E-state index is 0.0614. The topological polar surface area (TPSA) is 38.1 Å². The number of aromatic nitrogens is 2. The maximum atomic E-state index is 12.7. The number of aryl methyl sites for hydroxylation is 1. The van der Waals surface area contributed by atoms with E-state index in [1.165, 1.54) is 19.5 Å². The van der Waals surface area contributed by atoms with Crippen LogP contribution in [0.1, 0.15) is 15.2 Å². The molecule has 1 aromatic carbocycles. The fraction of sp³-hybridized carbons (Fsp3) is 0.176. The summed E-state index contributed by atoms with van der Waals surface area (Å²) >= 11 is 3.33. The monoisotopic (exact) mass is 341 g/mol. The quantitative estimate of drug-likeness (QED) is 0.562. The smallest absolute Gasteiger partial charge is 0.264 e. The molecule has 0 aliphatic rings. The Labute approximate surface area is 141 Å². The summed E-state index contributed by atoms with van der Waals surface area (Å²) in [6.07, 6.45) is 3.73. The summed E-state index contributed by atoms with van der Waals surface area (Å²) in [5, 5.41) is 5.39. The molecule has 4 nitrogen and oxygen atoms in total. The molecule has 0 aliphatic carbocycles. The van der Waals surface area contributed by atoms with Gasteiger partial charge in [0.2, 0.25) is 0 Å². The lowest BCUT2D eigenvalue weighted by molar-refractivity contribution is 0.0790. The number of carbonyl (C=O) groups is 1. The van der Waals surface area contributed by atoms with E-state index in [0.29, 0.717) is 6.54 Å². The standard InChI is InChI=1S/C17H15N3OS2/c1-19(9-11-8-18-20(2)10-11)17(21)15-7-14-16(23-15)12-5-3-4-6-13(12)22-14/h3-8,10H,9H2,1-2H3. The Morgan fingerprint density at radius 1 is 1.26 bits per heavy atom. The van der Waals surface area contributed by atoms with E-state index in [1.54, 1.807) is 38.5 Å². The van der Waals surface area contributed by atoms with Crippen LogP contribution in [0.5, 0.6) is 0 Å². The highest BCUT2D eigenvalue weighted by Gasteiger charge is 2.18. The lowest BCUT2D eigenvalue weighted by atomic mass is 10.2. The number of amides is 1. The second kappa shape index (κ2) is 5.47. The van der Waals surface area contributed by atoms with Crippen molar-refractivity contribution >= 4 is 48.1 Å². The van der Waals surface area contributed by atoms with E-state index in [9.17, 15) is 4.79 Å². The highest BCUT2D eigenvalue weighted by Crippen LogP contribution is 2.39. The van der Waals surface area contributed by atoms with Gasteiger partial charge in [-0.1, -0.05) is 18.2 Å². The summed E-state index contributed by atoms with van der Waals surface area (Å²) in [5.74, 6) is 0.0614. The van der Waals surface area contributed by atoms with Crippen LogP contribution in [0.25, 0.3) is 19.5 Å². The van der Waals surface area contributed by atoms with Crippen molar-refractivity contribution in [3.8, 4) is 0 Å². The summed E-state index contributed by atoms with van der Waals surface area (Å²) in [6, 6.07) is 10.4. The van der Waals surface area contributed by atoms with Crippen LogP contribution in [0.2, 0.25) is 0 Å². The Morgan fingerprint density at radius 2 is 2.09 bits per heavy atom. The molecule has 0 bridgehead atoms. The molecule has 0 radical (unpaired) electrons. The van der Waals surface area contributed by atoms with Crippen molar-refractivity contribution in [2.24, 2.45) is 7.05 Å². The van der Waals surface area contributed by atoms with Crippen LogP contribution in [0.15, 0.2) is 42.7 Å². The van der Waals surface area contributed by atoms with E-state index in [-0.39, 0.29) is 5.91 Å². The van der Waals surface area contributed by atoms with Gasteiger partial charge in [0, 0.05) is 47.2 Å². The number of hydrogen-bond donors (Lipinski definition) is 0. The largest absolute Gasteiger partial charge is 0.337 e. The number of benzene rings is 1. The molecule has 0 saturated heterocycles. The highest BCUT2D eigenvalue weighted by molar-refractivity contribution is 7.33. The maximum absolute atomic E-state index is 12.7. The average Bonchev–Trinajstić information content (AvgIpc) is 3.20. The number of rotatable bonds is 3. The van der Waals surface area contributed by atoms with Gasteiger partial charge in [-0.3, -0.25) is 9.48 Å². The van der Waals surface area contributed by atoms with Gasteiger partial charge in [-0.15, -0.1) is 22.7 Å². The van der Waals surface area contributed by atoms with Crippen LogP contribution in [-0.2, 0) is 13.6 Å². The zero-order chi connectivity index (χ0) is 16.0. The van der Waals surface area contributed by atoms with Gasteiger partial charge in [-0.05, 0) is 12.1 Å². The first-order chi connectivity index (χ1) is 11.1. The van der Waals surface area contributed by atoms with Crippen LogP contribution in [-0.4, -0.2) is 27.6 Å². The molecule has 0 atom stereocenters. The Bertz CT molecular complexity index is 1010. The Balaban J connectivity index is 1.63. The number of carbonyl (C=O) groups excluding carboxylic acids is 1. The van der Waals surface area contributed by atoms with E-state index in [0.717, 1.165) is 10.4 Å². The van der Waals surface area contributed by atoms with Gasteiger partial charge in [0.05, 0.1) is 15.8 Å². The van der Waals surface area contributed by atoms with Gasteiger partial charge in [0.25, 0.3) is 5.91 Å². The molecule has 3 heterocycles. The van der Waals surface area contributed by atoms with Gasteiger partial charge in [0.15, 0.2) is 0 Å². The van der Waals surface area contributed by atoms with E-state index in [1.807, 2.05) is 32.4 Å². The van der Waals surface area contributed by atoms with Crippen molar-refractivity contribution in [2.45, 2.75) is 6.54 Å². The van der Waals surface area contributed by atoms with Crippen LogP contribution < -0.4 is 0 Å². The van der Waals surface area contributed by atoms with Gasteiger partial charge < -0.3 is 4.90 Å². The molecule has 4 rings (SSSR count). The third kappa shape index (κ3) is 2.54. The molecule has 0 fully saturated rings. The zero-order valence-electron chi connectivity index (χ0n) is 12.8. The van der Waals surface area contributed by atoms with Crippen LogP contribution >= 0.6 is 22.7 Å². The number of nitrogens with zero attached hydrogens (tertiary/aromatic N) is 3. The number of hydrogen-bond acceptors (Lipinski definition) is 4. The Morgan fingerprint density at radius 3 is 2.87 bits per heavy atom. The predicted octanol–water partition coefficient (Wildman–Crippen LogP) is 4.12. The zero-order valence-corrected chi connectivity index (χ0v) is 14.4. The third-order valence-electron chi connectivity index (χ3n) is 3.79. The SMILES string of the molecule is CN(Cc1cnn(C)c1)C(=O)c1cc2sc3ccccc3c2s1. The molecule has 0 saturated carbocycles. The van der Waals surface area contributed by atoms with Crippen molar-refractivity contribution in [3.05, 3.63) is 53.2 Å². The van der Waals surface area contributed by atoms with E-state index in [4.69, 9.17) is 0 Å². The molecular weight excluding hydrogens is 326 g/mol. The number of fused-ring (bicyclic) bond motifs is 3. The molecule has 0 N–H and O–H groups in total. The van der Waals surface area contributed by atoms with Crippen molar-refractivity contribution in [1.29, 1.82) is 0 Å². The van der Waals surface area contributed by atoms with Crippen LogP contribution in [0, 0.1) is 0 Å². The summed E-state index contributed by atoms with van der Waals surface area (Å²) < 4.78 is 5.43. The molecule has 116 valence electrons. The van der Waals surface area contributed by atoms with Gasteiger partial charge in [0.1, 0.15) is 0 Å². The molecule has 23 heavy (non-hydrogen) atoms. The molecular formula is C17H15N3OS2. The first-order valence-electron chi connectivity index (χ1n) is 7.26. The second-order valence-electron chi connectivity index (χ2n) is 5.59. The molecule has 4 aromatic rings. The Kier molecular flexibility index (Phi) is 3.43. The molecule has 0 unspecified atom stereocenters. The molecule has 6 heteroatoms. The van der Waals surface area contributed by atoms with Crippen molar-refractivity contribution in [2.75, 3.05) is 7.05 Å². The summed E-state index contributed by atoms with van der Waals surface area (Å²) in [5.41, 5.74) is 1.03. The maximum Gasteiger partial charge on any atom is 0.264 e. The van der Waals surface area contributed by atoms with Crippen LogP contribution in [0.4, 0.5) is 0 Å². The first-order valence-corrected chi connectivity index (χ1v) is 8.89.